The van der Waals surface area contributed by atoms with E-state index < -0.39 is 0 Å². The van der Waals surface area contributed by atoms with Crippen LogP contribution < -0.4 is 0 Å². The molecule has 1 saturated carbocycles. The smallest absolute Gasteiger partial charge is 0.323 e. The molecule has 0 radical (unpaired) electrons. The summed E-state index contributed by atoms with van der Waals surface area (Å²) in [6.45, 7) is 13.9. The Morgan fingerprint density at radius 1 is 0.912 bits per heavy atom. The first-order valence-corrected chi connectivity index (χ1v) is 13.4. The highest BCUT2D eigenvalue weighted by Gasteiger charge is 2.32. The van der Waals surface area contributed by atoms with E-state index in [9.17, 15) is 9.59 Å². The Morgan fingerprint density at radius 3 is 2.00 bits per heavy atom. The van der Waals surface area contributed by atoms with Crippen LogP contribution in [0, 0.1) is 29.1 Å². The molecule has 0 saturated heterocycles. The summed E-state index contributed by atoms with van der Waals surface area (Å²) < 4.78 is 11.5. The maximum Gasteiger partial charge on any atom is 0.323 e. The number of esters is 2. The molecule has 0 aromatic rings. The van der Waals surface area contributed by atoms with Gasteiger partial charge in [-0.2, -0.15) is 0 Å². The van der Waals surface area contributed by atoms with Gasteiger partial charge in [-0.15, -0.1) is 0 Å². The molecule has 34 heavy (non-hydrogen) atoms. The highest BCUT2D eigenvalue weighted by atomic mass is 16.5. The molecule has 0 N–H and O–H groups in total. The fourth-order valence-electron chi connectivity index (χ4n) is 4.81. The second-order valence-electron chi connectivity index (χ2n) is 12.4. The molecule has 4 atom stereocenters. The van der Waals surface area contributed by atoms with Crippen molar-refractivity contribution in [3.8, 4) is 0 Å². The predicted octanol–water partition coefficient (Wildman–Crippen LogP) is 5.25. The van der Waals surface area contributed by atoms with Gasteiger partial charge < -0.3 is 9.47 Å². The van der Waals surface area contributed by atoms with Gasteiger partial charge in [0.15, 0.2) is 0 Å². The summed E-state index contributed by atoms with van der Waals surface area (Å²) >= 11 is 0. The van der Waals surface area contributed by atoms with Crippen LogP contribution in [0.15, 0.2) is 0 Å². The van der Waals surface area contributed by atoms with E-state index in [2.05, 4.69) is 41.5 Å². The summed E-state index contributed by atoms with van der Waals surface area (Å²) in [5.74, 6) is 1.32. The van der Waals surface area contributed by atoms with Gasteiger partial charge in [-0.3, -0.25) is 19.4 Å². The third-order valence-corrected chi connectivity index (χ3v) is 7.72. The van der Waals surface area contributed by atoms with Crippen LogP contribution >= 0.6 is 0 Å². The molecular weight excluding hydrogens is 428 g/mol. The molecule has 0 bridgehead atoms. The first-order valence-electron chi connectivity index (χ1n) is 13.4. The zero-order valence-electron chi connectivity index (χ0n) is 23.9. The Balaban J connectivity index is 2.52. The van der Waals surface area contributed by atoms with Gasteiger partial charge in [0.1, 0.15) is 12.1 Å². The third-order valence-electron chi connectivity index (χ3n) is 7.72. The summed E-state index contributed by atoms with van der Waals surface area (Å²) in [7, 11) is 7.79. The maximum absolute atomic E-state index is 12.8. The average molecular weight is 483 g/mol. The van der Waals surface area contributed by atoms with E-state index in [1.54, 1.807) is 0 Å². The SMILES string of the molecule is CC(CCC(C)(C)COC(=O)C(C(C)C(C)C)N(C)C)CC(C(=O)OCC1CCCC1)N(C)C. The molecule has 0 amide bonds. The molecule has 4 unspecified atom stereocenters. The van der Waals surface area contributed by atoms with Gasteiger partial charge >= 0.3 is 11.9 Å². The van der Waals surface area contributed by atoms with Crippen molar-refractivity contribution in [1.82, 2.24) is 9.80 Å². The molecule has 1 aliphatic carbocycles. The van der Waals surface area contributed by atoms with E-state index in [-0.39, 0.29) is 35.4 Å². The molecule has 1 aliphatic rings. The Labute approximate surface area is 210 Å². The molecular formula is C28H54N2O4. The van der Waals surface area contributed by atoms with Crippen molar-refractivity contribution < 1.29 is 19.1 Å². The van der Waals surface area contributed by atoms with Gasteiger partial charge in [-0.25, -0.2) is 0 Å². The van der Waals surface area contributed by atoms with E-state index in [4.69, 9.17) is 9.47 Å². The number of hydrogen-bond donors (Lipinski definition) is 0. The summed E-state index contributed by atoms with van der Waals surface area (Å²) in [5.41, 5.74) is -0.113. The second-order valence-corrected chi connectivity index (χ2v) is 12.4. The van der Waals surface area contributed by atoms with E-state index in [0.29, 0.717) is 31.0 Å². The molecule has 0 heterocycles. The first-order chi connectivity index (χ1) is 15.7. The van der Waals surface area contributed by atoms with Crippen molar-refractivity contribution >= 4 is 11.9 Å². The molecule has 6 heteroatoms. The van der Waals surface area contributed by atoms with Crippen LogP contribution in [0.3, 0.4) is 0 Å². The second kappa shape index (κ2) is 14.4. The van der Waals surface area contributed by atoms with Crippen LogP contribution in [0.5, 0.6) is 0 Å². The van der Waals surface area contributed by atoms with E-state index in [1.165, 1.54) is 25.7 Å². The van der Waals surface area contributed by atoms with Gasteiger partial charge in [-0.05, 0) is 83.0 Å². The lowest BCUT2D eigenvalue weighted by molar-refractivity contribution is -0.155. The standard InChI is InChI=1S/C28H54N2O4/c1-20(2)22(4)25(30(9)10)27(32)34-19-28(5,6)16-15-21(3)17-24(29(7)8)26(31)33-18-23-13-11-12-14-23/h20-25H,11-19H2,1-10H3. The number of hydrogen-bond acceptors (Lipinski definition) is 6. The van der Waals surface area contributed by atoms with E-state index in [0.717, 1.165) is 19.3 Å². The normalized spacial score (nSPS) is 18.9. The number of carbonyl (C=O) groups is 2. The molecule has 0 aliphatic heterocycles. The van der Waals surface area contributed by atoms with Gasteiger partial charge in [0.2, 0.25) is 0 Å². The summed E-state index contributed by atoms with van der Waals surface area (Å²) in [5, 5.41) is 0. The zero-order chi connectivity index (χ0) is 26.1. The van der Waals surface area contributed by atoms with Crippen molar-refractivity contribution in [3.63, 3.8) is 0 Å². The Kier molecular flexibility index (Phi) is 13.1. The Hall–Kier alpha value is -1.14. The Bertz CT molecular complexity index is 612. The van der Waals surface area contributed by atoms with Crippen molar-refractivity contribution in [3.05, 3.63) is 0 Å². The van der Waals surface area contributed by atoms with Crippen molar-refractivity contribution in [2.75, 3.05) is 41.4 Å². The van der Waals surface area contributed by atoms with Crippen LogP contribution in [-0.2, 0) is 19.1 Å². The molecule has 200 valence electrons. The zero-order valence-corrected chi connectivity index (χ0v) is 23.9. The first kappa shape index (κ1) is 30.9. The number of likely N-dealkylation sites (N-methyl/N-ethyl adjacent to an activating group) is 2. The number of rotatable bonds is 15. The van der Waals surface area contributed by atoms with Crippen LogP contribution in [0.25, 0.3) is 0 Å². The van der Waals surface area contributed by atoms with Crippen LogP contribution in [0.1, 0.15) is 86.5 Å². The minimum absolute atomic E-state index is 0.0917. The summed E-state index contributed by atoms with van der Waals surface area (Å²) in [4.78, 5) is 29.5. The van der Waals surface area contributed by atoms with Crippen LogP contribution in [0.4, 0.5) is 0 Å². The third kappa shape index (κ3) is 10.6. The molecule has 6 nitrogen and oxygen atoms in total. The van der Waals surface area contributed by atoms with Crippen molar-refractivity contribution in [2.24, 2.45) is 29.1 Å². The Morgan fingerprint density at radius 2 is 1.50 bits per heavy atom. The lowest BCUT2D eigenvalue weighted by Crippen LogP contribution is -2.44. The average Bonchev–Trinajstić information content (AvgIpc) is 3.26. The van der Waals surface area contributed by atoms with Gasteiger partial charge in [0.25, 0.3) is 0 Å². The van der Waals surface area contributed by atoms with Gasteiger partial charge in [0, 0.05) is 0 Å². The number of ether oxygens (including phenoxy) is 2. The molecule has 0 spiro atoms. The fraction of sp³-hybridized carbons (Fsp3) is 0.929. The predicted molar refractivity (Wildman–Crippen MR) is 140 cm³/mol. The lowest BCUT2D eigenvalue weighted by Gasteiger charge is -2.32. The molecule has 0 aromatic carbocycles. The minimum atomic E-state index is -0.231. The largest absolute Gasteiger partial charge is 0.464 e. The fourth-order valence-corrected chi connectivity index (χ4v) is 4.81. The van der Waals surface area contributed by atoms with E-state index in [1.807, 2.05) is 38.0 Å². The molecule has 1 fully saturated rings. The lowest BCUT2D eigenvalue weighted by atomic mass is 9.84. The topological polar surface area (TPSA) is 59.1 Å². The quantitative estimate of drug-likeness (QED) is 0.297. The van der Waals surface area contributed by atoms with Crippen LogP contribution in [-0.4, -0.2) is 75.2 Å². The summed E-state index contributed by atoms with van der Waals surface area (Å²) in [6.07, 6.45) is 7.57. The molecule has 0 aromatic heterocycles. The highest BCUT2D eigenvalue weighted by Crippen LogP contribution is 2.29. The molecule has 1 rings (SSSR count). The van der Waals surface area contributed by atoms with Gasteiger partial charge in [-0.1, -0.05) is 60.8 Å². The van der Waals surface area contributed by atoms with Crippen LogP contribution in [0.2, 0.25) is 0 Å². The van der Waals surface area contributed by atoms with Crippen molar-refractivity contribution in [1.29, 1.82) is 0 Å². The van der Waals surface area contributed by atoms with E-state index >= 15 is 0 Å². The monoisotopic (exact) mass is 482 g/mol. The maximum atomic E-state index is 12.8. The minimum Gasteiger partial charge on any atom is -0.464 e. The highest BCUT2D eigenvalue weighted by molar-refractivity contribution is 5.76. The van der Waals surface area contributed by atoms with Gasteiger partial charge in [0.05, 0.1) is 13.2 Å². The number of carbonyl (C=O) groups excluding carboxylic acids is 2. The number of nitrogens with zero attached hydrogens (tertiary/aromatic N) is 2. The summed E-state index contributed by atoms with van der Waals surface area (Å²) in [6, 6.07) is -0.443. The van der Waals surface area contributed by atoms with Crippen molar-refractivity contribution in [2.45, 2.75) is 98.6 Å².